The molecule has 0 fully saturated rings. The molecule has 0 atom stereocenters. The predicted octanol–water partition coefficient (Wildman–Crippen LogP) is 8.35. The van der Waals surface area contributed by atoms with Crippen molar-refractivity contribution in [3.8, 4) is 11.4 Å². The quantitative estimate of drug-likeness (QED) is 0.156. The van der Waals surface area contributed by atoms with Gasteiger partial charge in [0.15, 0.2) is 0 Å². The molecule has 0 aliphatic carbocycles. The highest BCUT2D eigenvalue weighted by Crippen LogP contribution is 2.54. The van der Waals surface area contributed by atoms with Crippen molar-refractivity contribution < 1.29 is 0 Å². The third-order valence-corrected chi connectivity index (χ3v) is 12.6. The van der Waals surface area contributed by atoms with Gasteiger partial charge in [0.2, 0.25) is 0 Å². The first kappa shape index (κ1) is 25.5. The Hall–Kier alpha value is -5.55. The summed E-state index contributed by atoms with van der Waals surface area (Å²) in [7, 11) is 0. The molecule has 0 N–H and O–H groups in total. The molecular weight excluding hydrogens is 595 g/mol. The second-order valence-corrected chi connectivity index (χ2v) is 16.4. The highest BCUT2D eigenvalue weighted by Gasteiger charge is 2.46. The van der Waals surface area contributed by atoms with Gasteiger partial charge in [0, 0.05) is 54.1 Å². The van der Waals surface area contributed by atoms with Crippen LogP contribution in [0.3, 0.4) is 0 Å². The van der Waals surface area contributed by atoms with Gasteiger partial charge >= 0.3 is 0 Å². The minimum absolute atomic E-state index is 0.0834. The van der Waals surface area contributed by atoms with Gasteiger partial charge in [-0.1, -0.05) is 126 Å². The standard InChI is InChI=1S/C44H31BN4/c1-43(2,3)42-26-16-11-20-30-38(26)49(46-42)41-33-25-15-9-18-28-36(25)48-35-24(14-8-17-27(35)44(28,4)5)32(39(33)48)40-34(41)45(30)29-19-10-13-23-22-12-6-7-21-31(22)47(40)37(23)29/h6-21H,1-5H3. The molecule has 13 rings (SSSR count). The van der Waals surface area contributed by atoms with Crippen LogP contribution >= 0.6 is 0 Å². The molecule has 0 amide bonds. The summed E-state index contributed by atoms with van der Waals surface area (Å²) >= 11 is 0. The van der Waals surface area contributed by atoms with Gasteiger partial charge in [-0.15, -0.1) is 0 Å². The number of benzene rings is 6. The SMILES string of the molecule is CC(C)(C)c1nn2c3c(cccc13)B1c3c-2c2c4cccc5c4n4c6c(cccc6c(c3-n3c6ccccc6c6cccc1c63)c24)C5(C)C. The van der Waals surface area contributed by atoms with Crippen LogP contribution in [0, 0.1) is 0 Å². The molecule has 6 aromatic carbocycles. The van der Waals surface area contributed by atoms with Crippen molar-refractivity contribution in [2.24, 2.45) is 0 Å². The van der Waals surface area contributed by atoms with Crippen LogP contribution in [0.15, 0.2) is 97.1 Å². The number of para-hydroxylation sites is 5. The van der Waals surface area contributed by atoms with Gasteiger partial charge in [-0.2, -0.15) is 5.10 Å². The largest absolute Gasteiger partial charge is 0.309 e. The minimum Gasteiger partial charge on any atom is -0.309 e. The van der Waals surface area contributed by atoms with Crippen molar-refractivity contribution in [1.82, 2.24) is 18.7 Å². The van der Waals surface area contributed by atoms with Gasteiger partial charge in [0.1, 0.15) is 0 Å². The summed E-state index contributed by atoms with van der Waals surface area (Å²) in [4.78, 5) is 0. The van der Waals surface area contributed by atoms with Crippen LogP contribution in [0.2, 0.25) is 0 Å². The molecule has 5 heteroatoms. The van der Waals surface area contributed by atoms with Crippen LogP contribution in [0.1, 0.15) is 51.4 Å². The average Bonchev–Trinajstić information content (AvgIpc) is 3.84. The van der Waals surface area contributed by atoms with Gasteiger partial charge in [-0.3, -0.25) is 0 Å². The zero-order chi connectivity index (χ0) is 32.5. The number of hydrogen-bond acceptors (Lipinski definition) is 1. The van der Waals surface area contributed by atoms with E-state index in [2.05, 4.69) is 145 Å². The number of aromatic nitrogens is 4. The number of fused-ring (bicyclic) bond motifs is 11. The van der Waals surface area contributed by atoms with Crippen molar-refractivity contribution in [3.05, 3.63) is 114 Å². The van der Waals surface area contributed by atoms with Crippen molar-refractivity contribution in [1.29, 1.82) is 0 Å². The topological polar surface area (TPSA) is 27.2 Å². The number of rotatable bonds is 0. The Labute approximate surface area is 282 Å². The second-order valence-electron chi connectivity index (χ2n) is 16.4. The molecule has 0 saturated carbocycles. The fraction of sp³-hybridized carbons (Fsp3) is 0.159. The van der Waals surface area contributed by atoms with Gasteiger partial charge in [-0.25, -0.2) is 4.68 Å². The molecule has 7 heterocycles. The predicted molar refractivity (Wildman–Crippen MR) is 206 cm³/mol. The van der Waals surface area contributed by atoms with Crippen LogP contribution < -0.4 is 16.4 Å². The summed E-state index contributed by atoms with van der Waals surface area (Å²) in [5.74, 6) is 0. The van der Waals surface area contributed by atoms with E-state index in [9.17, 15) is 0 Å². The van der Waals surface area contributed by atoms with E-state index in [4.69, 9.17) is 5.10 Å². The first-order valence-corrected chi connectivity index (χ1v) is 17.6. The maximum atomic E-state index is 5.65. The lowest BCUT2D eigenvalue weighted by Crippen LogP contribution is -2.59. The normalized spacial score (nSPS) is 15.6. The molecule has 3 aliphatic rings. The lowest BCUT2D eigenvalue weighted by Gasteiger charge is -2.34. The third-order valence-electron chi connectivity index (χ3n) is 12.6. The minimum atomic E-state index is -0.128. The molecule has 0 spiro atoms. The molecular formula is C44H31BN4. The van der Waals surface area contributed by atoms with Gasteiger partial charge in [0.25, 0.3) is 6.71 Å². The van der Waals surface area contributed by atoms with Crippen LogP contribution in [0.25, 0.3) is 82.2 Å². The van der Waals surface area contributed by atoms with Crippen LogP contribution in [-0.4, -0.2) is 25.5 Å². The molecule has 4 nitrogen and oxygen atoms in total. The lowest BCUT2D eigenvalue weighted by molar-refractivity contribution is 0.565. The van der Waals surface area contributed by atoms with E-state index in [1.165, 1.54) is 110 Å². The van der Waals surface area contributed by atoms with E-state index in [-0.39, 0.29) is 17.5 Å². The van der Waals surface area contributed by atoms with Gasteiger partial charge < -0.3 is 8.97 Å². The first-order chi connectivity index (χ1) is 23.8. The smallest absolute Gasteiger partial charge is 0.252 e. The zero-order valence-electron chi connectivity index (χ0n) is 28.1. The second kappa shape index (κ2) is 7.53. The zero-order valence-corrected chi connectivity index (χ0v) is 28.1. The molecule has 0 radical (unpaired) electrons. The van der Waals surface area contributed by atoms with Crippen molar-refractivity contribution in [3.63, 3.8) is 0 Å². The van der Waals surface area contributed by atoms with E-state index < -0.39 is 0 Å². The molecule has 49 heavy (non-hydrogen) atoms. The van der Waals surface area contributed by atoms with Gasteiger partial charge in [0.05, 0.1) is 44.7 Å². The average molecular weight is 627 g/mol. The Morgan fingerprint density at radius 2 is 1.16 bits per heavy atom. The highest BCUT2D eigenvalue weighted by molar-refractivity contribution is 7.00. The van der Waals surface area contributed by atoms with Crippen molar-refractivity contribution in [2.75, 3.05) is 0 Å². The number of nitrogens with zero attached hydrogens (tertiary/aromatic N) is 4. The summed E-state index contributed by atoms with van der Waals surface area (Å²) in [6, 6.07) is 37.1. The van der Waals surface area contributed by atoms with Crippen LogP contribution in [-0.2, 0) is 10.8 Å². The fourth-order valence-corrected chi connectivity index (χ4v) is 10.8. The summed E-state index contributed by atoms with van der Waals surface area (Å²) in [6.07, 6.45) is 0. The van der Waals surface area contributed by atoms with E-state index in [0.717, 1.165) is 5.69 Å². The Morgan fingerprint density at radius 3 is 1.88 bits per heavy atom. The Morgan fingerprint density at radius 1 is 0.571 bits per heavy atom. The van der Waals surface area contributed by atoms with Crippen molar-refractivity contribution in [2.45, 2.75) is 45.4 Å². The monoisotopic (exact) mass is 626 g/mol. The molecule has 0 bridgehead atoms. The Kier molecular flexibility index (Phi) is 3.91. The molecule has 230 valence electrons. The molecule has 0 saturated heterocycles. The summed E-state index contributed by atoms with van der Waals surface area (Å²) in [5, 5.41) is 14.9. The van der Waals surface area contributed by atoms with E-state index >= 15 is 0 Å². The maximum absolute atomic E-state index is 5.65. The van der Waals surface area contributed by atoms with Crippen LogP contribution in [0.4, 0.5) is 0 Å². The fourth-order valence-electron chi connectivity index (χ4n) is 10.8. The third kappa shape index (κ3) is 2.48. The molecule has 10 aromatic rings. The van der Waals surface area contributed by atoms with Crippen LogP contribution in [0.5, 0.6) is 0 Å². The Bertz CT molecular complexity index is 3230. The van der Waals surface area contributed by atoms with E-state index in [1.807, 2.05) is 0 Å². The summed E-state index contributed by atoms with van der Waals surface area (Å²) in [6.45, 7) is 11.8. The van der Waals surface area contributed by atoms with E-state index in [1.54, 1.807) is 0 Å². The summed E-state index contributed by atoms with van der Waals surface area (Å²) in [5.41, 5.74) is 18.3. The molecule has 0 unspecified atom stereocenters. The molecule has 4 aromatic heterocycles. The maximum Gasteiger partial charge on any atom is 0.252 e. The van der Waals surface area contributed by atoms with E-state index in [0.29, 0.717) is 0 Å². The molecule has 3 aliphatic heterocycles. The van der Waals surface area contributed by atoms with Gasteiger partial charge in [-0.05, 0) is 33.6 Å². The van der Waals surface area contributed by atoms with Crippen molar-refractivity contribution >= 4 is 93.9 Å². The highest BCUT2D eigenvalue weighted by atomic mass is 15.3. The Balaban J connectivity index is 1.42. The first-order valence-electron chi connectivity index (χ1n) is 17.6. The summed E-state index contributed by atoms with van der Waals surface area (Å²) < 4.78 is 7.66. The number of hydrogen-bond donors (Lipinski definition) is 0. The lowest BCUT2D eigenvalue weighted by atomic mass is 9.34.